The normalized spacial score (nSPS) is 13.5. The molecule has 0 saturated heterocycles. The Balaban J connectivity index is 3.07. The summed E-state index contributed by atoms with van der Waals surface area (Å²) in [7, 11) is 0. The highest BCUT2D eigenvalue weighted by Gasteiger charge is 2.06. The Bertz CT molecular complexity index is 318. The molecule has 2 heteroatoms. The van der Waals surface area contributed by atoms with Crippen molar-refractivity contribution in [3.8, 4) is 0 Å². The average molecular weight is 240 g/mol. The molecule has 1 aromatic carbocycles. The van der Waals surface area contributed by atoms with Crippen molar-refractivity contribution in [2.45, 2.75) is 19.8 Å². The Labute approximate surface area is 87.8 Å². The van der Waals surface area contributed by atoms with Gasteiger partial charge in [0.05, 0.1) is 0 Å². The van der Waals surface area contributed by atoms with Gasteiger partial charge in [-0.15, -0.1) is 0 Å². The highest BCUT2D eigenvalue weighted by Crippen LogP contribution is 2.29. The summed E-state index contributed by atoms with van der Waals surface area (Å²) >= 11 is 3.42. The number of benzene rings is 1. The molecule has 1 aromatic rings. The molecule has 0 radical (unpaired) electrons. The van der Waals surface area contributed by atoms with Gasteiger partial charge < -0.3 is 5.73 Å². The summed E-state index contributed by atoms with van der Waals surface area (Å²) in [5.74, 6) is 0.377. The average Bonchev–Trinajstić information content (AvgIpc) is 2.10. The van der Waals surface area contributed by atoms with Crippen LogP contribution in [0.3, 0.4) is 0 Å². The molecule has 0 aromatic heterocycles. The van der Waals surface area contributed by atoms with Crippen molar-refractivity contribution < 1.29 is 0 Å². The number of anilines is 1. The van der Waals surface area contributed by atoms with Crippen molar-refractivity contribution in [2.75, 3.05) is 5.73 Å². The summed E-state index contributed by atoms with van der Waals surface area (Å²) < 4.78 is 0.973. The van der Waals surface area contributed by atoms with Crippen LogP contribution >= 0.6 is 15.9 Å². The second kappa shape index (κ2) is 4.47. The molecule has 1 atom stereocenters. The van der Waals surface area contributed by atoms with Crippen molar-refractivity contribution >= 4 is 21.6 Å². The first-order chi connectivity index (χ1) is 6.16. The highest BCUT2D eigenvalue weighted by atomic mass is 79.9. The van der Waals surface area contributed by atoms with Gasteiger partial charge in [-0.3, -0.25) is 0 Å². The molecule has 2 N–H and O–H groups in total. The van der Waals surface area contributed by atoms with Crippen LogP contribution in [0.2, 0.25) is 0 Å². The SMILES string of the molecule is C/C=C/C(C)c1cccc(Br)c1N. The van der Waals surface area contributed by atoms with E-state index in [1.807, 2.05) is 25.1 Å². The molecule has 1 rings (SSSR count). The lowest BCUT2D eigenvalue weighted by Gasteiger charge is -2.11. The first-order valence-corrected chi connectivity index (χ1v) is 5.12. The van der Waals surface area contributed by atoms with E-state index < -0.39 is 0 Å². The molecule has 70 valence electrons. The Morgan fingerprint density at radius 1 is 1.46 bits per heavy atom. The number of nitrogens with two attached hydrogens (primary N) is 1. The topological polar surface area (TPSA) is 26.0 Å². The lowest BCUT2D eigenvalue weighted by Crippen LogP contribution is -1.97. The van der Waals surface area contributed by atoms with Crippen molar-refractivity contribution in [1.29, 1.82) is 0 Å². The molecule has 0 saturated carbocycles. The molecular formula is C11H14BrN. The van der Waals surface area contributed by atoms with E-state index in [0.29, 0.717) is 5.92 Å². The van der Waals surface area contributed by atoms with E-state index >= 15 is 0 Å². The fraction of sp³-hybridized carbons (Fsp3) is 0.273. The Hall–Kier alpha value is -0.760. The number of nitrogen functional groups attached to an aromatic ring is 1. The minimum atomic E-state index is 0.377. The van der Waals surface area contributed by atoms with Crippen molar-refractivity contribution in [1.82, 2.24) is 0 Å². The van der Waals surface area contributed by atoms with Crippen LogP contribution in [-0.2, 0) is 0 Å². The van der Waals surface area contributed by atoms with E-state index in [-0.39, 0.29) is 0 Å². The fourth-order valence-corrected chi connectivity index (χ4v) is 1.72. The maximum atomic E-state index is 5.93. The quantitative estimate of drug-likeness (QED) is 0.618. The van der Waals surface area contributed by atoms with E-state index in [1.54, 1.807) is 0 Å². The molecule has 0 heterocycles. The minimum Gasteiger partial charge on any atom is -0.398 e. The summed E-state index contributed by atoms with van der Waals surface area (Å²) in [4.78, 5) is 0. The number of hydrogen-bond acceptors (Lipinski definition) is 1. The number of para-hydroxylation sites is 1. The largest absolute Gasteiger partial charge is 0.398 e. The minimum absolute atomic E-state index is 0.377. The zero-order valence-electron chi connectivity index (χ0n) is 7.92. The van der Waals surface area contributed by atoms with Crippen molar-refractivity contribution in [3.63, 3.8) is 0 Å². The number of hydrogen-bond donors (Lipinski definition) is 1. The number of halogens is 1. The summed E-state index contributed by atoms with van der Waals surface area (Å²) in [5.41, 5.74) is 7.95. The first-order valence-electron chi connectivity index (χ1n) is 4.33. The van der Waals surface area contributed by atoms with Crippen LogP contribution in [0.1, 0.15) is 25.3 Å². The Kier molecular flexibility index (Phi) is 3.55. The lowest BCUT2D eigenvalue weighted by molar-refractivity contribution is 0.967. The maximum absolute atomic E-state index is 5.93. The smallest absolute Gasteiger partial charge is 0.0496 e. The molecule has 1 nitrogen and oxygen atoms in total. The predicted octanol–water partition coefficient (Wildman–Crippen LogP) is 3.71. The molecule has 0 amide bonds. The molecule has 0 aliphatic rings. The molecule has 0 spiro atoms. The number of rotatable bonds is 2. The van der Waals surface area contributed by atoms with E-state index in [4.69, 9.17) is 5.73 Å². The van der Waals surface area contributed by atoms with Gasteiger partial charge in [-0.05, 0) is 34.5 Å². The predicted molar refractivity (Wildman–Crippen MR) is 61.8 cm³/mol. The van der Waals surface area contributed by atoms with Crippen molar-refractivity contribution in [3.05, 3.63) is 40.4 Å². The lowest BCUT2D eigenvalue weighted by atomic mass is 9.99. The molecule has 0 fully saturated rings. The molecule has 0 bridgehead atoms. The van der Waals surface area contributed by atoms with Gasteiger partial charge in [-0.2, -0.15) is 0 Å². The van der Waals surface area contributed by atoms with Crippen LogP contribution in [0.5, 0.6) is 0 Å². The summed E-state index contributed by atoms with van der Waals surface area (Å²) in [6.45, 7) is 4.16. The fourth-order valence-electron chi connectivity index (χ4n) is 1.34. The molecule has 0 aliphatic carbocycles. The van der Waals surface area contributed by atoms with Crippen LogP contribution < -0.4 is 5.73 Å². The standard InChI is InChI=1S/C11H14BrN/c1-3-5-8(2)9-6-4-7-10(12)11(9)13/h3-8H,13H2,1-2H3/b5-3+. The third-order valence-electron chi connectivity index (χ3n) is 2.06. The molecule has 0 aliphatic heterocycles. The van der Waals surface area contributed by atoms with E-state index in [9.17, 15) is 0 Å². The van der Waals surface area contributed by atoms with Crippen LogP contribution in [0.25, 0.3) is 0 Å². The summed E-state index contributed by atoms with van der Waals surface area (Å²) in [6, 6.07) is 6.03. The monoisotopic (exact) mass is 239 g/mol. The summed E-state index contributed by atoms with van der Waals surface area (Å²) in [6.07, 6.45) is 4.18. The molecule has 1 unspecified atom stereocenters. The second-order valence-electron chi connectivity index (χ2n) is 3.06. The Morgan fingerprint density at radius 2 is 2.15 bits per heavy atom. The zero-order chi connectivity index (χ0) is 9.84. The molecular weight excluding hydrogens is 226 g/mol. The van der Waals surface area contributed by atoms with Gasteiger partial charge >= 0.3 is 0 Å². The summed E-state index contributed by atoms with van der Waals surface area (Å²) in [5, 5.41) is 0. The third-order valence-corrected chi connectivity index (χ3v) is 2.75. The van der Waals surface area contributed by atoms with Gasteiger partial charge in [0.15, 0.2) is 0 Å². The van der Waals surface area contributed by atoms with Gasteiger partial charge in [0, 0.05) is 16.1 Å². The van der Waals surface area contributed by atoms with E-state index in [0.717, 1.165) is 10.2 Å². The van der Waals surface area contributed by atoms with Crippen LogP contribution in [-0.4, -0.2) is 0 Å². The van der Waals surface area contributed by atoms with Crippen LogP contribution in [0, 0.1) is 0 Å². The second-order valence-corrected chi connectivity index (χ2v) is 3.91. The number of allylic oxidation sites excluding steroid dienone is 2. The van der Waals surface area contributed by atoms with E-state index in [2.05, 4.69) is 35.0 Å². The van der Waals surface area contributed by atoms with Crippen LogP contribution in [0.4, 0.5) is 5.69 Å². The van der Waals surface area contributed by atoms with E-state index in [1.165, 1.54) is 5.56 Å². The van der Waals surface area contributed by atoms with Gasteiger partial charge in [-0.1, -0.05) is 31.2 Å². The molecule has 13 heavy (non-hydrogen) atoms. The van der Waals surface area contributed by atoms with Gasteiger partial charge in [-0.25, -0.2) is 0 Å². The van der Waals surface area contributed by atoms with Gasteiger partial charge in [0.2, 0.25) is 0 Å². The zero-order valence-corrected chi connectivity index (χ0v) is 9.51. The van der Waals surface area contributed by atoms with Gasteiger partial charge in [0.25, 0.3) is 0 Å². The van der Waals surface area contributed by atoms with Crippen molar-refractivity contribution in [2.24, 2.45) is 0 Å². The van der Waals surface area contributed by atoms with Gasteiger partial charge in [0.1, 0.15) is 0 Å². The van der Waals surface area contributed by atoms with Crippen LogP contribution in [0.15, 0.2) is 34.8 Å². The first kappa shape index (κ1) is 10.3. The highest BCUT2D eigenvalue weighted by molar-refractivity contribution is 9.10. The third kappa shape index (κ3) is 2.34. The maximum Gasteiger partial charge on any atom is 0.0496 e. The Morgan fingerprint density at radius 3 is 2.77 bits per heavy atom.